The van der Waals surface area contributed by atoms with Gasteiger partial charge in [-0.15, -0.1) is 0 Å². The SMILES string of the molecule is CCC(Oc1cc(C)cc(C)c1)C(=O)NC(C)c1ccc2c(c1)CCC2. The number of rotatable bonds is 6. The van der Waals surface area contributed by atoms with Crippen LogP contribution in [0.2, 0.25) is 0 Å². The van der Waals surface area contributed by atoms with Crippen molar-refractivity contribution >= 4 is 5.91 Å². The standard InChI is InChI=1S/C23H29NO2/c1-5-22(26-21-12-15(2)11-16(3)13-21)23(25)24-17(4)19-10-9-18-7-6-8-20(18)14-19/h9-14,17,22H,5-8H2,1-4H3,(H,24,25). The lowest BCUT2D eigenvalue weighted by atomic mass is 10.0. The molecule has 1 aliphatic rings. The molecule has 2 aromatic rings. The van der Waals surface area contributed by atoms with E-state index in [-0.39, 0.29) is 11.9 Å². The van der Waals surface area contributed by atoms with Crippen molar-refractivity contribution in [1.82, 2.24) is 5.32 Å². The number of carbonyl (C=O) groups is 1. The van der Waals surface area contributed by atoms with Crippen LogP contribution < -0.4 is 10.1 Å². The second-order valence-electron chi connectivity index (χ2n) is 7.45. The number of carbonyl (C=O) groups excluding carboxylic acids is 1. The Labute approximate surface area is 156 Å². The summed E-state index contributed by atoms with van der Waals surface area (Å²) in [6.45, 7) is 8.10. The summed E-state index contributed by atoms with van der Waals surface area (Å²) >= 11 is 0. The van der Waals surface area contributed by atoms with Crippen molar-refractivity contribution in [3.63, 3.8) is 0 Å². The average molecular weight is 351 g/mol. The summed E-state index contributed by atoms with van der Waals surface area (Å²) in [4.78, 5) is 12.7. The summed E-state index contributed by atoms with van der Waals surface area (Å²) in [5.74, 6) is 0.703. The number of hydrogen-bond donors (Lipinski definition) is 1. The van der Waals surface area contributed by atoms with E-state index in [1.165, 1.54) is 29.5 Å². The lowest BCUT2D eigenvalue weighted by Gasteiger charge is -2.21. The zero-order valence-electron chi connectivity index (χ0n) is 16.3. The highest BCUT2D eigenvalue weighted by Crippen LogP contribution is 2.25. The fourth-order valence-electron chi connectivity index (χ4n) is 3.74. The molecule has 3 rings (SSSR count). The molecule has 3 nitrogen and oxygen atoms in total. The van der Waals surface area contributed by atoms with E-state index in [0.29, 0.717) is 6.42 Å². The van der Waals surface area contributed by atoms with Crippen molar-refractivity contribution in [3.05, 3.63) is 64.2 Å². The van der Waals surface area contributed by atoms with E-state index in [1.54, 1.807) is 0 Å². The van der Waals surface area contributed by atoms with Gasteiger partial charge < -0.3 is 10.1 Å². The van der Waals surface area contributed by atoms with E-state index in [9.17, 15) is 4.79 Å². The molecule has 26 heavy (non-hydrogen) atoms. The van der Waals surface area contributed by atoms with Crippen LogP contribution in [-0.2, 0) is 17.6 Å². The van der Waals surface area contributed by atoms with Gasteiger partial charge in [0.2, 0.25) is 0 Å². The third-order valence-corrected chi connectivity index (χ3v) is 5.12. The first kappa shape index (κ1) is 18.5. The zero-order chi connectivity index (χ0) is 18.7. The molecule has 0 spiro atoms. The number of ether oxygens (including phenoxy) is 1. The predicted octanol–water partition coefficient (Wildman–Crippen LogP) is 4.83. The molecular formula is C23H29NO2. The van der Waals surface area contributed by atoms with Gasteiger partial charge in [-0.3, -0.25) is 4.79 Å². The highest BCUT2D eigenvalue weighted by atomic mass is 16.5. The van der Waals surface area contributed by atoms with Crippen LogP contribution in [0.5, 0.6) is 5.75 Å². The summed E-state index contributed by atoms with van der Waals surface area (Å²) in [5, 5.41) is 3.12. The minimum atomic E-state index is -0.479. The summed E-state index contributed by atoms with van der Waals surface area (Å²) in [6.07, 6.45) is 3.72. The van der Waals surface area contributed by atoms with Gasteiger partial charge in [-0.2, -0.15) is 0 Å². The van der Waals surface area contributed by atoms with Crippen LogP contribution in [0.15, 0.2) is 36.4 Å². The fraction of sp³-hybridized carbons (Fsp3) is 0.435. The number of fused-ring (bicyclic) bond motifs is 1. The normalized spacial score (nSPS) is 15.2. The monoisotopic (exact) mass is 351 g/mol. The van der Waals surface area contributed by atoms with Crippen LogP contribution in [0.1, 0.15) is 60.5 Å². The molecule has 2 atom stereocenters. The van der Waals surface area contributed by atoms with E-state index >= 15 is 0 Å². The Hall–Kier alpha value is -2.29. The van der Waals surface area contributed by atoms with Gasteiger partial charge in [-0.1, -0.05) is 31.2 Å². The van der Waals surface area contributed by atoms with Crippen molar-refractivity contribution in [2.75, 3.05) is 0 Å². The summed E-state index contributed by atoms with van der Waals surface area (Å²) in [6, 6.07) is 12.6. The van der Waals surface area contributed by atoms with Crippen LogP contribution >= 0.6 is 0 Å². The maximum Gasteiger partial charge on any atom is 0.261 e. The molecule has 0 saturated heterocycles. The lowest BCUT2D eigenvalue weighted by Crippen LogP contribution is -2.39. The van der Waals surface area contributed by atoms with E-state index in [0.717, 1.165) is 23.3 Å². The third-order valence-electron chi connectivity index (χ3n) is 5.12. The number of hydrogen-bond acceptors (Lipinski definition) is 2. The molecule has 138 valence electrons. The predicted molar refractivity (Wildman–Crippen MR) is 106 cm³/mol. The molecule has 2 unspecified atom stereocenters. The molecule has 1 amide bonds. The van der Waals surface area contributed by atoms with Crippen molar-refractivity contribution in [2.24, 2.45) is 0 Å². The third kappa shape index (κ3) is 4.27. The number of benzene rings is 2. The van der Waals surface area contributed by atoms with Crippen LogP contribution in [0.25, 0.3) is 0 Å². The fourth-order valence-corrected chi connectivity index (χ4v) is 3.74. The van der Waals surface area contributed by atoms with Crippen molar-refractivity contribution in [3.8, 4) is 5.75 Å². The number of aryl methyl sites for hydroxylation is 4. The van der Waals surface area contributed by atoms with Gasteiger partial charge in [-0.25, -0.2) is 0 Å². The Bertz CT molecular complexity index is 777. The van der Waals surface area contributed by atoms with Crippen molar-refractivity contribution in [1.29, 1.82) is 0 Å². The highest BCUT2D eigenvalue weighted by Gasteiger charge is 2.21. The second kappa shape index (κ2) is 7.94. The smallest absolute Gasteiger partial charge is 0.261 e. The number of amides is 1. The van der Waals surface area contributed by atoms with Gasteiger partial charge in [-0.05, 0) is 86.4 Å². The second-order valence-corrected chi connectivity index (χ2v) is 7.45. The van der Waals surface area contributed by atoms with Crippen LogP contribution in [0.4, 0.5) is 0 Å². The van der Waals surface area contributed by atoms with E-state index in [4.69, 9.17) is 4.74 Å². The maximum atomic E-state index is 12.7. The molecule has 0 aromatic heterocycles. The largest absolute Gasteiger partial charge is 0.481 e. The van der Waals surface area contributed by atoms with E-state index in [1.807, 2.05) is 39.8 Å². The first-order valence-electron chi connectivity index (χ1n) is 9.63. The molecule has 0 aliphatic heterocycles. The van der Waals surface area contributed by atoms with E-state index < -0.39 is 6.10 Å². The minimum absolute atomic E-state index is 0.0229. The van der Waals surface area contributed by atoms with Crippen LogP contribution in [-0.4, -0.2) is 12.0 Å². The van der Waals surface area contributed by atoms with Crippen molar-refractivity contribution in [2.45, 2.75) is 65.5 Å². The lowest BCUT2D eigenvalue weighted by molar-refractivity contribution is -0.128. The Morgan fingerprint density at radius 3 is 2.46 bits per heavy atom. The zero-order valence-corrected chi connectivity index (χ0v) is 16.3. The Balaban J connectivity index is 1.66. The van der Waals surface area contributed by atoms with Gasteiger partial charge in [0, 0.05) is 0 Å². The van der Waals surface area contributed by atoms with Gasteiger partial charge in [0.1, 0.15) is 5.75 Å². The molecule has 1 aliphatic carbocycles. The van der Waals surface area contributed by atoms with Crippen LogP contribution in [0, 0.1) is 13.8 Å². The van der Waals surface area contributed by atoms with Gasteiger partial charge in [0.05, 0.1) is 6.04 Å². The first-order chi connectivity index (χ1) is 12.5. The summed E-state index contributed by atoms with van der Waals surface area (Å²) in [5.41, 5.74) is 6.34. The van der Waals surface area contributed by atoms with Crippen molar-refractivity contribution < 1.29 is 9.53 Å². The summed E-state index contributed by atoms with van der Waals surface area (Å²) in [7, 11) is 0. The first-order valence-corrected chi connectivity index (χ1v) is 9.63. The average Bonchev–Trinajstić information content (AvgIpc) is 3.06. The van der Waals surface area contributed by atoms with Gasteiger partial charge in [0.25, 0.3) is 5.91 Å². The quantitative estimate of drug-likeness (QED) is 0.810. The topological polar surface area (TPSA) is 38.3 Å². The summed E-state index contributed by atoms with van der Waals surface area (Å²) < 4.78 is 5.99. The Morgan fingerprint density at radius 2 is 1.77 bits per heavy atom. The minimum Gasteiger partial charge on any atom is -0.481 e. The molecule has 0 fully saturated rings. The Kier molecular flexibility index (Phi) is 5.65. The highest BCUT2D eigenvalue weighted by molar-refractivity contribution is 5.81. The molecule has 1 N–H and O–H groups in total. The van der Waals surface area contributed by atoms with E-state index in [2.05, 4.69) is 29.6 Å². The maximum absolute atomic E-state index is 12.7. The molecule has 2 aromatic carbocycles. The molecule has 3 heteroatoms. The molecule has 0 heterocycles. The van der Waals surface area contributed by atoms with Gasteiger partial charge in [0.15, 0.2) is 6.10 Å². The van der Waals surface area contributed by atoms with Crippen LogP contribution in [0.3, 0.4) is 0 Å². The Morgan fingerprint density at radius 1 is 1.08 bits per heavy atom. The molecule has 0 bridgehead atoms. The molecular weight excluding hydrogens is 322 g/mol. The number of nitrogens with one attached hydrogen (secondary N) is 1. The molecule has 0 saturated carbocycles. The molecule has 0 radical (unpaired) electrons. The van der Waals surface area contributed by atoms with Gasteiger partial charge >= 0.3 is 0 Å².